The number of halogens is 2. The Labute approximate surface area is 132 Å². The molecular weight excluding hydrogens is 368 g/mol. The normalized spacial score (nSPS) is 10.7. The summed E-state index contributed by atoms with van der Waals surface area (Å²) >= 11 is 2.12. The van der Waals surface area contributed by atoms with Crippen molar-refractivity contribution in [1.82, 2.24) is 0 Å². The zero-order valence-electron chi connectivity index (χ0n) is 11.5. The van der Waals surface area contributed by atoms with E-state index in [9.17, 15) is 4.39 Å². The maximum Gasteiger partial charge on any atom is 0.124 e. The second-order valence-corrected chi connectivity index (χ2v) is 5.95. The van der Waals surface area contributed by atoms with Gasteiger partial charge in [0.25, 0.3) is 0 Å². The summed E-state index contributed by atoms with van der Waals surface area (Å²) < 4.78 is 19.6. The Morgan fingerprint density at radius 2 is 2.00 bits per heavy atom. The van der Waals surface area contributed by atoms with E-state index in [-0.39, 0.29) is 11.9 Å². The second kappa shape index (κ2) is 6.92. The predicted molar refractivity (Wildman–Crippen MR) is 88.6 cm³/mol. The van der Waals surface area contributed by atoms with Gasteiger partial charge in [-0.25, -0.2) is 4.39 Å². The zero-order valence-corrected chi connectivity index (χ0v) is 13.6. The number of benzene rings is 2. The zero-order chi connectivity index (χ0) is 14.5. The van der Waals surface area contributed by atoms with E-state index in [1.807, 2.05) is 38.1 Å². The van der Waals surface area contributed by atoms with Gasteiger partial charge < -0.3 is 10.1 Å². The summed E-state index contributed by atoms with van der Waals surface area (Å²) in [7, 11) is 0. The van der Waals surface area contributed by atoms with Crippen LogP contribution >= 0.6 is 22.6 Å². The average molecular weight is 385 g/mol. The number of nitrogens with one attached hydrogen (secondary N) is 1. The first kappa shape index (κ1) is 15.1. The molecule has 20 heavy (non-hydrogen) atoms. The fourth-order valence-electron chi connectivity index (χ4n) is 1.83. The number of hydrogen-bond acceptors (Lipinski definition) is 2. The van der Waals surface area contributed by atoms with Crippen LogP contribution in [-0.4, -0.2) is 6.10 Å². The van der Waals surface area contributed by atoms with Crippen LogP contribution in [0.5, 0.6) is 5.75 Å². The molecule has 106 valence electrons. The van der Waals surface area contributed by atoms with E-state index in [4.69, 9.17) is 4.74 Å². The Hall–Kier alpha value is -1.30. The highest BCUT2D eigenvalue weighted by Gasteiger charge is 2.03. The summed E-state index contributed by atoms with van der Waals surface area (Å²) in [6, 6.07) is 12.7. The van der Waals surface area contributed by atoms with Gasteiger partial charge in [-0.15, -0.1) is 0 Å². The summed E-state index contributed by atoms with van der Waals surface area (Å²) in [5, 5.41) is 3.31. The smallest absolute Gasteiger partial charge is 0.124 e. The van der Waals surface area contributed by atoms with Crippen molar-refractivity contribution in [3.8, 4) is 5.75 Å². The van der Waals surface area contributed by atoms with Gasteiger partial charge in [-0.1, -0.05) is 12.1 Å². The van der Waals surface area contributed by atoms with Crippen LogP contribution in [0.2, 0.25) is 0 Å². The third-order valence-corrected chi connectivity index (χ3v) is 3.58. The van der Waals surface area contributed by atoms with Crippen molar-refractivity contribution in [1.29, 1.82) is 0 Å². The largest absolute Gasteiger partial charge is 0.491 e. The molecule has 0 aliphatic carbocycles. The van der Waals surface area contributed by atoms with Crippen LogP contribution in [-0.2, 0) is 6.54 Å². The molecule has 4 heteroatoms. The summed E-state index contributed by atoms with van der Waals surface area (Å²) in [5.74, 6) is 0.653. The molecule has 0 amide bonds. The Bertz CT molecular complexity index is 586. The monoisotopic (exact) mass is 385 g/mol. The number of hydrogen-bond donors (Lipinski definition) is 1. The van der Waals surface area contributed by atoms with Gasteiger partial charge in [0.1, 0.15) is 11.6 Å². The molecule has 0 aliphatic rings. The maximum atomic E-state index is 13.0. The third-order valence-electron chi connectivity index (χ3n) is 2.68. The van der Waals surface area contributed by atoms with Crippen molar-refractivity contribution >= 4 is 28.3 Å². The first-order valence-electron chi connectivity index (χ1n) is 6.49. The van der Waals surface area contributed by atoms with Gasteiger partial charge in [0.15, 0.2) is 0 Å². The lowest BCUT2D eigenvalue weighted by Gasteiger charge is -2.12. The first-order valence-corrected chi connectivity index (χ1v) is 7.57. The van der Waals surface area contributed by atoms with Gasteiger partial charge in [0.05, 0.1) is 6.10 Å². The second-order valence-electron chi connectivity index (χ2n) is 4.79. The van der Waals surface area contributed by atoms with Crippen LogP contribution in [0.1, 0.15) is 19.4 Å². The maximum absolute atomic E-state index is 13.0. The minimum absolute atomic E-state index is 0.163. The van der Waals surface area contributed by atoms with Crippen LogP contribution in [0.15, 0.2) is 42.5 Å². The van der Waals surface area contributed by atoms with Gasteiger partial charge in [-0.05, 0) is 72.3 Å². The van der Waals surface area contributed by atoms with E-state index in [1.165, 1.54) is 12.1 Å². The minimum atomic E-state index is -0.215. The minimum Gasteiger partial charge on any atom is -0.491 e. The molecule has 2 aromatic carbocycles. The fraction of sp³-hybridized carbons (Fsp3) is 0.250. The molecule has 0 heterocycles. The molecule has 0 saturated carbocycles. The Morgan fingerprint density at radius 3 is 2.70 bits per heavy atom. The molecule has 0 unspecified atom stereocenters. The van der Waals surface area contributed by atoms with Gasteiger partial charge in [-0.3, -0.25) is 0 Å². The Kier molecular flexibility index (Phi) is 5.23. The van der Waals surface area contributed by atoms with Crippen molar-refractivity contribution in [2.75, 3.05) is 5.32 Å². The van der Waals surface area contributed by atoms with Crippen LogP contribution in [0, 0.1) is 9.39 Å². The van der Waals surface area contributed by atoms with Gasteiger partial charge in [-0.2, -0.15) is 0 Å². The molecule has 0 aliphatic heterocycles. The third kappa shape index (κ3) is 4.37. The quantitative estimate of drug-likeness (QED) is 0.745. The van der Waals surface area contributed by atoms with E-state index < -0.39 is 0 Å². The van der Waals surface area contributed by atoms with Gasteiger partial charge in [0.2, 0.25) is 0 Å². The number of ether oxygens (including phenoxy) is 1. The van der Waals surface area contributed by atoms with E-state index in [0.29, 0.717) is 6.54 Å². The molecule has 2 rings (SSSR count). The van der Waals surface area contributed by atoms with Crippen LogP contribution < -0.4 is 10.1 Å². The van der Waals surface area contributed by atoms with E-state index in [0.717, 1.165) is 20.6 Å². The molecular formula is C16H17FINO. The summed E-state index contributed by atoms with van der Waals surface area (Å²) in [4.78, 5) is 0. The Morgan fingerprint density at radius 1 is 1.20 bits per heavy atom. The van der Waals surface area contributed by atoms with Gasteiger partial charge in [0, 0.05) is 15.8 Å². The van der Waals surface area contributed by atoms with Gasteiger partial charge >= 0.3 is 0 Å². The van der Waals surface area contributed by atoms with E-state index >= 15 is 0 Å². The Balaban J connectivity index is 2.03. The lowest BCUT2D eigenvalue weighted by molar-refractivity contribution is 0.242. The molecule has 0 fully saturated rings. The summed E-state index contributed by atoms with van der Waals surface area (Å²) in [6.45, 7) is 4.69. The topological polar surface area (TPSA) is 21.3 Å². The van der Waals surface area contributed by atoms with Crippen LogP contribution in [0.4, 0.5) is 10.1 Å². The van der Waals surface area contributed by atoms with Crippen molar-refractivity contribution in [2.45, 2.75) is 26.5 Å². The SMILES string of the molecule is CC(C)Oc1cccc(CNc2ccc(F)cc2I)c1. The molecule has 0 radical (unpaired) electrons. The van der Waals surface area contributed by atoms with Crippen LogP contribution in [0.3, 0.4) is 0 Å². The van der Waals surface area contributed by atoms with Crippen LogP contribution in [0.25, 0.3) is 0 Å². The summed E-state index contributed by atoms with van der Waals surface area (Å²) in [6.07, 6.45) is 0.163. The standard InChI is InChI=1S/C16H17FINO/c1-11(2)20-14-5-3-4-12(8-14)10-19-16-7-6-13(17)9-15(16)18/h3-9,11,19H,10H2,1-2H3. The molecule has 2 aromatic rings. The fourth-order valence-corrected chi connectivity index (χ4v) is 2.50. The molecule has 0 spiro atoms. The summed E-state index contributed by atoms with van der Waals surface area (Å²) in [5.41, 5.74) is 2.06. The van der Waals surface area contributed by atoms with Crippen molar-refractivity contribution < 1.29 is 9.13 Å². The average Bonchev–Trinajstić information content (AvgIpc) is 2.37. The number of rotatable bonds is 5. The molecule has 0 bridgehead atoms. The van der Waals surface area contributed by atoms with Crippen molar-refractivity contribution in [3.63, 3.8) is 0 Å². The lowest BCUT2D eigenvalue weighted by Crippen LogP contribution is -2.06. The lowest BCUT2D eigenvalue weighted by atomic mass is 10.2. The molecule has 0 atom stereocenters. The molecule has 0 aromatic heterocycles. The highest BCUT2D eigenvalue weighted by atomic mass is 127. The van der Waals surface area contributed by atoms with E-state index in [1.54, 1.807) is 6.07 Å². The number of anilines is 1. The van der Waals surface area contributed by atoms with Crippen molar-refractivity contribution in [2.24, 2.45) is 0 Å². The van der Waals surface area contributed by atoms with E-state index in [2.05, 4.69) is 27.9 Å². The highest BCUT2D eigenvalue weighted by molar-refractivity contribution is 14.1. The predicted octanol–water partition coefficient (Wildman–Crippen LogP) is 4.83. The molecule has 1 N–H and O–H groups in total. The molecule has 2 nitrogen and oxygen atoms in total. The first-order chi connectivity index (χ1) is 9.54. The highest BCUT2D eigenvalue weighted by Crippen LogP contribution is 2.21. The van der Waals surface area contributed by atoms with Crippen molar-refractivity contribution in [3.05, 3.63) is 57.4 Å². The molecule has 0 saturated heterocycles.